The standard InChI is InChI=1S/C17H19NO4/c1-3-22-17(21)15-12-6-4-5-11(12)13-8-7-10(16(19)20)9(2)14(13)18-15/h4-5,7-8,11-12,15,18H,3,6H2,1-2H3,(H,19,20)/t11?,12?,15-/m1/s1. The van der Waals surface area contributed by atoms with Crippen LogP contribution in [0.5, 0.6) is 0 Å². The molecule has 1 aliphatic carbocycles. The number of fused-ring (bicyclic) bond motifs is 3. The molecule has 0 saturated carbocycles. The van der Waals surface area contributed by atoms with Gasteiger partial charge in [0.25, 0.3) is 0 Å². The quantitative estimate of drug-likeness (QED) is 0.663. The topological polar surface area (TPSA) is 75.6 Å². The number of hydrogen-bond donors (Lipinski definition) is 2. The summed E-state index contributed by atoms with van der Waals surface area (Å²) >= 11 is 0. The average Bonchev–Trinajstić information content (AvgIpc) is 2.96. The highest BCUT2D eigenvalue weighted by molar-refractivity contribution is 5.93. The summed E-state index contributed by atoms with van der Waals surface area (Å²) in [5.41, 5.74) is 2.74. The second-order valence-corrected chi connectivity index (χ2v) is 5.74. The molecule has 5 heteroatoms. The molecule has 3 atom stereocenters. The zero-order chi connectivity index (χ0) is 15.9. The van der Waals surface area contributed by atoms with Gasteiger partial charge in [0.1, 0.15) is 6.04 Å². The van der Waals surface area contributed by atoms with Crippen molar-refractivity contribution in [1.82, 2.24) is 0 Å². The lowest BCUT2D eigenvalue weighted by atomic mass is 9.78. The average molecular weight is 301 g/mol. The fraction of sp³-hybridized carbons (Fsp3) is 0.412. The van der Waals surface area contributed by atoms with Crippen molar-refractivity contribution in [1.29, 1.82) is 0 Å². The number of benzene rings is 1. The summed E-state index contributed by atoms with van der Waals surface area (Å²) in [6.07, 6.45) is 5.01. The lowest BCUT2D eigenvalue weighted by molar-refractivity contribution is -0.145. The number of rotatable bonds is 3. The van der Waals surface area contributed by atoms with Crippen LogP contribution in [0.3, 0.4) is 0 Å². The highest BCUT2D eigenvalue weighted by Crippen LogP contribution is 2.46. The molecule has 2 aliphatic rings. The van der Waals surface area contributed by atoms with Crippen molar-refractivity contribution in [3.63, 3.8) is 0 Å². The Morgan fingerprint density at radius 2 is 2.18 bits per heavy atom. The van der Waals surface area contributed by atoms with Gasteiger partial charge >= 0.3 is 11.9 Å². The van der Waals surface area contributed by atoms with Crippen molar-refractivity contribution < 1.29 is 19.4 Å². The van der Waals surface area contributed by atoms with E-state index in [0.29, 0.717) is 12.2 Å². The molecule has 0 bridgehead atoms. The molecule has 0 fully saturated rings. The third-order valence-corrected chi connectivity index (χ3v) is 4.57. The summed E-state index contributed by atoms with van der Waals surface area (Å²) in [5.74, 6) is -0.973. The van der Waals surface area contributed by atoms with Gasteiger partial charge in [-0.25, -0.2) is 9.59 Å². The lowest BCUT2D eigenvalue weighted by Gasteiger charge is -2.36. The van der Waals surface area contributed by atoms with Gasteiger partial charge in [-0.2, -0.15) is 0 Å². The Morgan fingerprint density at radius 1 is 1.41 bits per heavy atom. The molecule has 0 radical (unpaired) electrons. The number of hydrogen-bond acceptors (Lipinski definition) is 4. The molecule has 0 amide bonds. The van der Waals surface area contributed by atoms with E-state index in [0.717, 1.165) is 17.7 Å². The van der Waals surface area contributed by atoms with E-state index in [1.807, 2.05) is 6.07 Å². The molecule has 1 aliphatic heterocycles. The number of allylic oxidation sites excluding steroid dienone is 2. The second-order valence-electron chi connectivity index (χ2n) is 5.74. The Morgan fingerprint density at radius 3 is 2.86 bits per heavy atom. The summed E-state index contributed by atoms with van der Waals surface area (Å²) in [7, 11) is 0. The Balaban J connectivity index is 2.06. The van der Waals surface area contributed by atoms with Crippen LogP contribution in [0, 0.1) is 12.8 Å². The fourth-order valence-corrected chi connectivity index (χ4v) is 3.51. The summed E-state index contributed by atoms with van der Waals surface area (Å²) in [6.45, 7) is 3.90. The third kappa shape index (κ3) is 2.17. The number of nitrogens with one attached hydrogen (secondary N) is 1. The van der Waals surface area contributed by atoms with Crippen LogP contribution in [0.1, 0.15) is 40.7 Å². The highest BCUT2D eigenvalue weighted by Gasteiger charge is 2.42. The number of ether oxygens (including phenoxy) is 1. The maximum Gasteiger partial charge on any atom is 0.336 e. The third-order valence-electron chi connectivity index (χ3n) is 4.57. The Kier molecular flexibility index (Phi) is 3.64. The molecule has 0 aromatic heterocycles. The van der Waals surface area contributed by atoms with Crippen molar-refractivity contribution >= 4 is 17.6 Å². The van der Waals surface area contributed by atoms with Crippen LogP contribution >= 0.6 is 0 Å². The minimum Gasteiger partial charge on any atom is -0.478 e. The van der Waals surface area contributed by atoms with E-state index in [2.05, 4.69) is 17.5 Å². The van der Waals surface area contributed by atoms with E-state index in [4.69, 9.17) is 4.74 Å². The molecular weight excluding hydrogens is 282 g/mol. The van der Waals surface area contributed by atoms with Gasteiger partial charge in [0.15, 0.2) is 0 Å². The molecule has 22 heavy (non-hydrogen) atoms. The predicted molar refractivity (Wildman–Crippen MR) is 82.2 cm³/mol. The molecule has 5 nitrogen and oxygen atoms in total. The van der Waals surface area contributed by atoms with Crippen molar-refractivity contribution in [3.05, 3.63) is 41.0 Å². The van der Waals surface area contributed by atoms with E-state index < -0.39 is 12.0 Å². The van der Waals surface area contributed by atoms with Gasteiger partial charge in [0, 0.05) is 17.5 Å². The summed E-state index contributed by atoms with van der Waals surface area (Å²) in [5, 5.41) is 12.5. The van der Waals surface area contributed by atoms with Gasteiger partial charge in [-0.1, -0.05) is 18.2 Å². The van der Waals surface area contributed by atoms with Crippen molar-refractivity contribution in [2.75, 3.05) is 11.9 Å². The van der Waals surface area contributed by atoms with Crippen LogP contribution in [0.2, 0.25) is 0 Å². The zero-order valence-corrected chi connectivity index (χ0v) is 12.6. The molecule has 0 saturated heterocycles. The minimum absolute atomic E-state index is 0.127. The number of aromatic carboxylic acids is 1. The summed E-state index contributed by atoms with van der Waals surface area (Å²) in [4.78, 5) is 23.6. The molecule has 3 rings (SSSR count). The molecular formula is C17H19NO4. The van der Waals surface area contributed by atoms with E-state index in [1.165, 1.54) is 0 Å². The maximum atomic E-state index is 12.3. The normalized spacial score (nSPS) is 25.1. The maximum absolute atomic E-state index is 12.3. The van der Waals surface area contributed by atoms with Crippen molar-refractivity contribution in [2.45, 2.75) is 32.2 Å². The predicted octanol–water partition coefficient (Wildman–Crippen LogP) is 2.71. The number of esters is 1. The molecule has 1 heterocycles. The van der Waals surface area contributed by atoms with Gasteiger partial charge < -0.3 is 15.2 Å². The van der Waals surface area contributed by atoms with E-state index in [9.17, 15) is 14.7 Å². The smallest absolute Gasteiger partial charge is 0.336 e. The number of carbonyl (C=O) groups is 2. The fourth-order valence-electron chi connectivity index (χ4n) is 3.51. The van der Waals surface area contributed by atoms with Crippen LogP contribution in [-0.4, -0.2) is 29.7 Å². The Labute approximate surface area is 129 Å². The van der Waals surface area contributed by atoms with Gasteiger partial charge in [-0.05, 0) is 37.5 Å². The summed E-state index contributed by atoms with van der Waals surface area (Å²) in [6, 6.07) is 3.06. The summed E-state index contributed by atoms with van der Waals surface area (Å²) < 4.78 is 5.18. The first-order chi connectivity index (χ1) is 10.5. The van der Waals surface area contributed by atoms with Crippen molar-refractivity contribution in [2.24, 2.45) is 5.92 Å². The second kappa shape index (κ2) is 5.48. The zero-order valence-electron chi connectivity index (χ0n) is 12.6. The van der Waals surface area contributed by atoms with E-state index >= 15 is 0 Å². The minimum atomic E-state index is -0.959. The first-order valence-electron chi connectivity index (χ1n) is 7.51. The van der Waals surface area contributed by atoms with Crippen molar-refractivity contribution in [3.8, 4) is 0 Å². The Hall–Kier alpha value is -2.30. The molecule has 116 valence electrons. The van der Waals surface area contributed by atoms with Crippen LogP contribution < -0.4 is 5.32 Å². The van der Waals surface area contributed by atoms with Crippen LogP contribution in [0.25, 0.3) is 0 Å². The number of anilines is 1. The molecule has 0 spiro atoms. The first kappa shape index (κ1) is 14.6. The molecule has 1 aromatic carbocycles. The SMILES string of the molecule is CCOC(=O)[C@@H]1Nc2c(ccc(C(=O)O)c2C)C2C=CCC21. The van der Waals surface area contributed by atoms with Gasteiger partial charge in [-0.3, -0.25) is 0 Å². The molecule has 1 aromatic rings. The van der Waals surface area contributed by atoms with Gasteiger partial charge in [0.05, 0.1) is 12.2 Å². The number of carboxylic acids is 1. The van der Waals surface area contributed by atoms with Gasteiger partial charge in [0.2, 0.25) is 0 Å². The largest absolute Gasteiger partial charge is 0.478 e. The van der Waals surface area contributed by atoms with Crippen LogP contribution in [0.4, 0.5) is 5.69 Å². The van der Waals surface area contributed by atoms with Gasteiger partial charge in [-0.15, -0.1) is 0 Å². The first-order valence-corrected chi connectivity index (χ1v) is 7.51. The lowest BCUT2D eigenvalue weighted by Crippen LogP contribution is -2.43. The van der Waals surface area contributed by atoms with E-state index in [-0.39, 0.29) is 23.4 Å². The van der Waals surface area contributed by atoms with E-state index in [1.54, 1.807) is 19.9 Å². The van der Waals surface area contributed by atoms with Crippen LogP contribution in [0.15, 0.2) is 24.3 Å². The number of carbonyl (C=O) groups excluding carboxylic acids is 1. The molecule has 2 unspecified atom stereocenters. The van der Waals surface area contributed by atoms with Crippen LogP contribution in [-0.2, 0) is 9.53 Å². The Bertz CT molecular complexity index is 665. The highest BCUT2D eigenvalue weighted by atomic mass is 16.5. The molecule has 2 N–H and O–H groups in total. The monoisotopic (exact) mass is 301 g/mol. The number of carboxylic acid groups (broad SMARTS) is 1.